The molecule has 8 nitrogen and oxygen atoms in total. The van der Waals surface area contributed by atoms with Gasteiger partial charge in [0.2, 0.25) is 0 Å². The largest absolute Gasteiger partial charge is 0.440 e. The van der Waals surface area contributed by atoms with E-state index in [1.165, 1.54) is 28.9 Å². The number of rotatable bonds is 4. The molecular formula is C15H11ClN4O4. The summed E-state index contributed by atoms with van der Waals surface area (Å²) in [7, 11) is 0. The maximum atomic E-state index is 12.2. The first-order valence-corrected chi connectivity index (χ1v) is 7.20. The number of amides is 1. The van der Waals surface area contributed by atoms with Gasteiger partial charge in [-0.05, 0) is 42.8 Å². The molecule has 0 spiro atoms. The summed E-state index contributed by atoms with van der Waals surface area (Å²) in [4.78, 5) is 22.4. The summed E-state index contributed by atoms with van der Waals surface area (Å²) in [6.07, 6.45) is 0. The summed E-state index contributed by atoms with van der Waals surface area (Å²) in [5.41, 5.74) is 1.21. The molecule has 0 aliphatic rings. The maximum Gasteiger partial charge on any atom is 0.292 e. The van der Waals surface area contributed by atoms with Crippen LogP contribution < -0.4 is 5.32 Å². The molecule has 0 saturated carbocycles. The van der Waals surface area contributed by atoms with Crippen molar-refractivity contribution >= 4 is 29.0 Å². The Labute approximate surface area is 140 Å². The number of aromatic nitrogens is 2. The standard InChI is InChI=1S/C15H11ClN4O4/c1-9-8-14(17-15(21)12-6-7-13(16)24-12)19(18-9)10-2-4-11(5-3-10)20(22)23/h2-8H,1H3,(H,17,21). The molecule has 0 bridgehead atoms. The Morgan fingerprint density at radius 3 is 2.58 bits per heavy atom. The van der Waals surface area contributed by atoms with Gasteiger partial charge in [0.15, 0.2) is 11.0 Å². The van der Waals surface area contributed by atoms with Gasteiger partial charge in [0.25, 0.3) is 11.6 Å². The molecule has 2 heterocycles. The number of furan rings is 1. The van der Waals surface area contributed by atoms with Crippen LogP contribution in [0.3, 0.4) is 0 Å². The number of carbonyl (C=O) groups excluding carboxylic acids is 1. The van der Waals surface area contributed by atoms with Gasteiger partial charge in [-0.15, -0.1) is 0 Å². The lowest BCUT2D eigenvalue weighted by Crippen LogP contribution is -2.14. The van der Waals surface area contributed by atoms with Crippen molar-refractivity contribution in [2.75, 3.05) is 5.32 Å². The van der Waals surface area contributed by atoms with E-state index >= 15 is 0 Å². The molecule has 3 rings (SSSR count). The number of nitro groups is 1. The van der Waals surface area contributed by atoms with Crippen molar-refractivity contribution in [3.8, 4) is 5.69 Å². The van der Waals surface area contributed by atoms with Crippen molar-refractivity contribution in [3.63, 3.8) is 0 Å². The predicted octanol–water partition coefficient (Wildman–Crippen LogP) is 3.59. The van der Waals surface area contributed by atoms with Crippen LogP contribution in [0.1, 0.15) is 16.2 Å². The Kier molecular flexibility index (Phi) is 4.05. The summed E-state index contributed by atoms with van der Waals surface area (Å²) in [6.45, 7) is 1.77. The Morgan fingerprint density at radius 1 is 1.29 bits per heavy atom. The van der Waals surface area contributed by atoms with E-state index in [4.69, 9.17) is 16.0 Å². The zero-order valence-corrected chi connectivity index (χ0v) is 13.1. The van der Waals surface area contributed by atoms with Crippen LogP contribution in [0.4, 0.5) is 11.5 Å². The number of non-ortho nitro benzene ring substituents is 1. The zero-order valence-electron chi connectivity index (χ0n) is 12.4. The number of anilines is 1. The normalized spacial score (nSPS) is 10.6. The van der Waals surface area contributed by atoms with Crippen LogP contribution >= 0.6 is 11.6 Å². The highest BCUT2D eigenvalue weighted by Crippen LogP contribution is 2.21. The van der Waals surface area contributed by atoms with Crippen LogP contribution in [0, 0.1) is 17.0 Å². The fourth-order valence-corrected chi connectivity index (χ4v) is 2.26. The Hall–Kier alpha value is -3.13. The molecule has 0 aliphatic carbocycles. The third kappa shape index (κ3) is 3.13. The van der Waals surface area contributed by atoms with Gasteiger partial charge in [-0.3, -0.25) is 14.9 Å². The van der Waals surface area contributed by atoms with Gasteiger partial charge in [-0.25, -0.2) is 4.68 Å². The van der Waals surface area contributed by atoms with Gasteiger partial charge in [-0.1, -0.05) is 0 Å². The fourth-order valence-electron chi connectivity index (χ4n) is 2.12. The summed E-state index contributed by atoms with van der Waals surface area (Å²) in [6, 6.07) is 10.4. The Bertz CT molecular complexity index is 914. The van der Waals surface area contributed by atoms with Crippen LogP contribution in [0.2, 0.25) is 5.22 Å². The number of nitrogens with zero attached hydrogens (tertiary/aromatic N) is 3. The summed E-state index contributed by atoms with van der Waals surface area (Å²) in [5.74, 6) is -0.0158. The topological polar surface area (TPSA) is 103 Å². The first-order valence-electron chi connectivity index (χ1n) is 6.82. The smallest absolute Gasteiger partial charge is 0.292 e. The van der Waals surface area contributed by atoms with Crippen molar-refractivity contribution in [1.82, 2.24) is 9.78 Å². The van der Waals surface area contributed by atoms with Crippen molar-refractivity contribution < 1.29 is 14.1 Å². The van der Waals surface area contributed by atoms with Gasteiger partial charge >= 0.3 is 0 Å². The molecule has 0 aliphatic heterocycles. The van der Waals surface area contributed by atoms with E-state index in [0.717, 1.165) is 0 Å². The average Bonchev–Trinajstić information content (AvgIpc) is 3.13. The minimum Gasteiger partial charge on any atom is -0.440 e. The Balaban J connectivity index is 1.90. The molecule has 0 radical (unpaired) electrons. The number of benzene rings is 1. The lowest BCUT2D eigenvalue weighted by Gasteiger charge is -2.07. The van der Waals surface area contributed by atoms with E-state index in [1.807, 2.05) is 0 Å². The summed E-state index contributed by atoms with van der Waals surface area (Å²) >= 11 is 5.66. The summed E-state index contributed by atoms with van der Waals surface area (Å²) in [5, 5.41) is 17.8. The van der Waals surface area contributed by atoms with Crippen molar-refractivity contribution in [2.24, 2.45) is 0 Å². The Morgan fingerprint density at radius 2 is 2.00 bits per heavy atom. The van der Waals surface area contributed by atoms with E-state index in [-0.39, 0.29) is 16.7 Å². The third-order valence-electron chi connectivity index (χ3n) is 3.18. The molecule has 1 N–H and O–H groups in total. The molecule has 0 fully saturated rings. The lowest BCUT2D eigenvalue weighted by molar-refractivity contribution is -0.384. The predicted molar refractivity (Wildman–Crippen MR) is 86.6 cm³/mol. The molecule has 122 valence electrons. The molecule has 0 saturated heterocycles. The zero-order chi connectivity index (χ0) is 17.3. The second-order valence-electron chi connectivity index (χ2n) is 4.91. The maximum absolute atomic E-state index is 12.2. The SMILES string of the molecule is Cc1cc(NC(=O)c2ccc(Cl)o2)n(-c2ccc([N+](=O)[O-])cc2)n1. The van der Waals surface area contributed by atoms with Gasteiger partial charge in [-0.2, -0.15) is 5.10 Å². The molecular weight excluding hydrogens is 336 g/mol. The summed E-state index contributed by atoms with van der Waals surface area (Å²) < 4.78 is 6.53. The van der Waals surface area contributed by atoms with Crippen LogP contribution in [0.25, 0.3) is 5.69 Å². The highest BCUT2D eigenvalue weighted by molar-refractivity contribution is 6.29. The van der Waals surface area contributed by atoms with Crippen LogP contribution in [-0.2, 0) is 0 Å². The molecule has 24 heavy (non-hydrogen) atoms. The molecule has 1 aromatic carbocycles. The molecule has 3 aromatic rings. The highest BCUT2D eigenvalue weighted by Gasteiger charge is 2.16. The van der Waals surface area contributed by atoms with Crippen LogP contribution in [0.5, 0.6) is 0 Å². The molecule has 0 unspecified atom stereocenters. The number of nitro benzene ring substituents is 1. The number of halogens is 1. The highest BCUT2D eigenvalue weighted by atomic mass is 35.5. The number of carbonyl (C=O) groups is 1. The third-order valence-corrected chi connectivity index (χ3v) is 3.38. The van der Waals surface area contributed by atoms with E-state index < -0.39 is 10.8 Å². The first-order chi connectivity index (χ1) is 11.4. The second kappa shape index (κ2) is 6.17. The van der Waals surface area contributed by atoms with Crippen molar-refractivity contribution in [1.29, 1.82) is 0 Å². The minimum atomic E-state index is -0.485. The number of hydrogen-bond acceptors (Lipinski definition) is 5. The lowest BCUT2D eigenvalue weighted by atomic mass is 10.3. The number of aryl methyl sites for hydroxylation is 1. The molecule has 1 amide bonds. The average molecular weight is 347 g/mol. The van der Waals surface area contributed by atoms with Gasteiger partial charge in [0.05, 0.1) is 16.3 Å². The molecule has 9 heteroatoms. The van der Waals surface area contributed by atoms with E-state index in [0.29, 0.717) is 17.2 Å². The monoisotopic (exact) mass is 346 g/mol. The second-order valence-corrected chi connectivity index (χ2v) is 5.29. The number of hydrogen-bond donors (Lipinski definition) is 1. The molecule has 2 aromatic heterocycles. The van der Waals surface area contributed by atoms with E-state index in [1.54, 1.807) is 25.1 Å². The number of nitrogens with one attached hydrogen (secondary N) is 1. The van der Waals surface area contributed by atoms with E-state index in [9.17, 15) is 14.9 Å². The fraction of sp³-hybridized carbons (Fsp3) is 0.0667. The van der Waals surface area contributed by atoms with Gasteiger partial charge in [0, 0.05) is 18.2 Å². The molecule has 0 atom stereocenters. The van der Waals surface area contributed by atoms with Gasteiger partial charge in [0.1, 0.15) is 5.82 Å². The van der Waals surface area contributed by atoms with Crippen LogP contribution in [0.15, 0.2) is 46.9 Å². The quantitative estimate of drug-likeness (QED) is 0.574. The minimum absolute atomic E-state index is 0.0292. The van der Waals surface area contributed by atoms with Crippen molar-refractivity contribution in [3.05, 3.63) is 69.3 Å². The van der Waals surface area contributed by atoms with Gasteiger partial charge < -0.3 is 9.73 Å². The first kappa shape index (κ1) is 15.8. The van der Waals surface area contributed by atoms with Crippen molar-refractivity contribution in [2.45, 2.75) is 6.92 Å². The van der Waals surface area contributed by atoms with Crippen LogP contribution in [-0.4, -0.2) is 20.6 Å². The van der Waals surface area contributed by atoms with E-state index in [2.05, 4.69) is 10.4 Å².